The molecule has 0 spiro atoms. The van der Waals surface area contributed by atoms with E-state index in [1.807, 2.05) is 25.1 Å². The molecule has 1 heterocycles. The summed E-state index contributed by atoms with van der Waals surface area (Å²) in [6, 6.07) is 13.6. The van der Waals surface area contributed by atoms with Gasteiger partial charge in [-0.25, -0.2) is 9.18 Å². The number of benzene rings is 2. The highest BCUT2D eigenvalue weighted by Crippen LogP contribution is 2.39. The van der Waals surface area contributed by atoms with Crippen molar-refractivity contribution in [1.82, 2.24) is 4.90 Å². The van der Waals surface area contributed by atoms with Crippen molar-refractivity contribution in [2.24, 2.45) is 0 Å². The van der Waals surface area contributed by atoms with E-state index < -0.39 is 0 Å². The molecule has 0 unspecified atom stereocenters. The lowest BCUT2D eigenvalue weighted by Crippen LogP contribution is -2.34. The van der Waals surface area contributed by atoms with Crippen LogP contribution in [0.1, 0.15) is 17.9 Å². The van der Waals surface area contributed by atoms with Gasteiger partial charge in [0.05, 0.1) is 12.3 Å². The number of rotatable bonds is 4. The number of carbonyl (C=O) groups is 1. The zero-order valence-corrected chi connectivity index (χ0v) is 14.2. The van der Waals surface area contributed by atoms with Crippen molar-refractivity contribution in [3.05, 3.63) is 59.9 Å². The Kier molecular flexibility index (Phi) is 5.25. The molecule has 1 aliphatic rings. The summed E-state index contributed by atoms with van der Waals surface area (Å²) in [5, 5.41) is 2.57. The Bertz CT molecular complexity index is 726. The average Bonchev–Trinajstić information content (AvgIpc) is 3.07. The topological polar surface area (TPSA) is 41.6 Å². The average molecular weight is 346 g/mol. The van der Waals surface area contributed by atoms with Gasteiger partial charge in [-0.05, 0) is 25.1 Å². The Morgan fingerprint density at radius 1 is 1.29 bits per heavy atom. The third-order valence-electron chi connectivity index (χ3n) is 3.75. The molecule has 4 nitrogen and oxygen atoms in total. The summed E-state index contributed by atoms with van der Waals surface area (Å²) in [5.41, 5.74) is 1.15. The molecule has 0 radical (unpaired) electrons. The fourth-order valence-electron chi connectivity index (χ4n) is 2.65. The normalized spacial score (nSPS) is 16.9. The number of halogens is 1. The summed E-state index contributed by atoms with van der Waals surface area (Å²) < 4.78 is 19.6. The number of amides is 2. The third-order valence-corrected chi connectivity index (χ3v) is 4.99. The van der Waals surface area contributed by atoms with Crippen molar-refractivity contribution in [2.45, 2.75) is 12.3 Å². The molecule has 24 heavy (non-hydrogen) atoms. The van der Waals surface area contributed by atoms with Crippen LogP contribution in [0.2, 0.25) is 0 Å². The van der Waals surface area contributed by atoms with E-state index in [1.165, 1.54) is 6.07 Å². The Balaban J connectivity index is 1.78. The van der Waals surface area contributed by atoms with Gasteiger partial charge in [0.2, 0.25) is 0 Å². The highest BCUT2D eigenvalue weighted by atomic mass is 32.2. The first-order valence-corrected chi connectivity index (χ1v) is 8.91. The Morgan fingerprint density at radius 3 is 2.83 bits per heavy atom. The number of nitrogens with zero attached hydrogens (tertiary/aromatic N) is 1. The van der Waals surface area contributed by atoms with Crippen LogP contribution in [0.25, 0.3) is 0 Å². The van der Waals surface area contributed by atoms with Crippen molar-refractivity contribution in [3.63, 3.8) is 0 Å². The van der Waals surface area contributed by atoms with E-state index in [1.54, 1.807) is 40.9 Å². The minimum absolute atomic E-state index is 0.250. The van der Waals surface area contributed by atoms with Crippen molar-refractivity contribution in [2.75, 3.05) is 24.2 Å². The quantitative estimate of drug-likeness (QED) is 0.886. The van der Waals surface area contributed by atoms with Crippen LogP contribution < -0.4 is 10.1 Å². The number of carbonyl (C=O) groups excluding carboxylic acids is 1. The van der Waals surface area contributed by atoms with Crippen molar-refractivity contribution in [3.8, 4) is 5.75 Å². The number of thioether (sulfide) groups is 1. The van der Waals surface area contributed by atoms with E-state index in [9.17, 15) is 9.18 Å². The fraction of sp³-hybridized carbons (Fsp3) is 0.278. The molecule has 1 fully saturated rings. The highest BCUT2D eigenvalue weighted by molar-refractivity contribution is 7.99. The number of nitrogens with one attached hydrogen (secondary N) is 1. The van der Waals surface area contributed by atoms with Gasteiger partial charge in [-0.2, -0.15) is 0 Å². The van der Waals surface area contributed by atoms with Gasteiger partial charge in [0.15, 0.2) is 0 Å². The summed E-state index contributed by atoms with van der Waals surface area (Å²) in [6.07, 6.45) is 0. The van der Waals surface area contributed by atoms with Gasteiger partial charge in [0.25, 0.3) is 0 Å². The predicted molar refractivity (Wildman–Crippen MR) is 94.9 cm³/mol. The molecule has 1 saturated heterocycles. The maximum atomic E-state index is 14.1. The maximum absolute atomic E-state index is 14.1. The van der Waals surface area contributed by atoms with Crippen LogP contribution in [0, 0.1) is 5.82 Å². The van der Waals surface area contributed by atoms with Crippen LogP contribution in [0.5, 0.6) is 5.75 Å². The van der Waals surface area contributed by atoms with Crippen LogP contribution in [-0.2, 0) is 0 Å². The van der Waals surface area contributed by atoms with E-state index in [0.717, 1.165) is 5.75 Å². The van der Waals surface area contributed by atoms with Crippen molar-refractivity contribution < 1.29 is 13.9 Å². The Morgan fingerprint density at radius 2 is 2.04 bits per heavy atom. The largest absolute Gasteiger partial charge is 0.492 e. The Hall–Kier alpha value is -2.21. The molecule has 1 N–H and O–H groups in total. The van der Waals surface area contributed by atoms with Crippen LogP contribution in [0.4, 0.5) is 14.9 Å². The van der Waals surface area contributed by atoms with Gasteiger partial charge in [0.1, 0.15) is 16.9 Å². The lowest BCUT2D eigenvalue weighted by Gasteiger charge is -2.25. The summed E-state index contributed by atoms with van der Waals surface area (Å²) in [6.45, 7) is 2.99. The molecular weight excluding hydrogens is 327 g/mol. The van der Waals surface area contributed by atoms with Crippen LogP contribution >= 0.6 is 11.8 Å². The molecule has 0 aliphatic carbocycles. The predicted octanol–water partition coefficient (Wildman–Crippen LogP) is 4.50. The van der Waals surface area contributed by atoms with Crippen LogP contribution in [0.15, 0.2) is 48.5 Å². The maximum Gasteiger partial charge on any atom is 0.323 e. The zero-order chi connectivity index (χ0) is 16.9. The number of anilines is 1. The molecule has 0 aromatic heterocycles. The lowest BCUT2D eigenvalue weighted by molar-refractivity contribution is 0.213. The Labute approximate surface area is 145 Å². The van der Waals surface area contributed by atoms with E-state index >= 15 is 0 Å². The number of para-hydroxylation sites is 2. The molecule has 1 atom stereocenters. The molecule has 0 saturated carbocycles. The highest BCUT2D eigenvalue weighted by Gasteiger charge is 2.32. The first kappa shape index (κ1) is 16.6. The summed E-state index contributed by atoms with van der Waals surface area (Å²) in [4.78, 5) is 14.3. The van der Waals surface area contributed by atoms with Gasteiger partial charge in [0, 0.05) is 17.9 Å². The molecule has 126 valence electrons. The number of hydrogen-bond donors (Lipinski definition) is 1. The molecule has 3 rings (SSSR count). The second-order valence-corrected chi connectivity index (χ2v) is 6.49. The summed E-state index contributed by atoms with van der Waals surface area (Å²) >= 11 is 1.56. The van der Waals surface area contributed by atoms with Crippen molar-refractivity contribution in [1.29, 1.82) is 0 Å². The summed E-state index contributed by atoms with van der Waals surface area (Å²) in [5.74, 6) is 1.12. The zero-order valence-electron chi connectivity index (χ0n) is 13.4. The first-order chi connectivity index (χ1) is 11.7. The van der Waals surface area contributed by atoms with E-state index in [2.05, 4.69) is 5.32 Å². The third kappa shape index (κ3) is 3.48. The minimum Gasteiger partial charge on any atom is -0.492 e. The summed E-state index contributed by atoms with van der Waals surface area (Å²) in [7, 11) is 0. The second-order valence-electron chi connectivity index (χ2n) is 5.30. The smallest absolute Gasteiger partial charge is 0.323 e. The molecule has 2 amide bonds. The molecular formula is C18H19FN2O2S. The molecule has 2 aromatic carbocycles. The van der Waals surface area contributed by atoms with E-state index in [0.29, 0.717) is 30.2 Å². The molecule has 6 heteroatoms. The monoisotopic (exact) mass is 346 g/mol. The van der Waals surface area contributed by atoms with Gasteiger partial charge in [-0.3, -0.25) is 0 Å². The van der Waals surface area contributed by atoms with Gasteiger partial charge >= 0.3 is 6.03 Å². The molecule has 0 bridgehead atoms. The van der Waals surface area contributed by atoms with Gasteiger partial charge < -0.3 is 15.0 Å². The minimum atomic E-state index is -0.314. The molecule has 2 aromatic rings. The second kappa shape index (κ2) is 7.57. The lowest BCUT2D eigenvalue weighted by atomic mass is 10.2. The first-order valence-electron chi connectivity index (χ1n) is 7.86. The fourth-order valence-corrected chi connectivity index (χ4v) is 3.93. The number of ether oxygens (including phenoxy) is 1. The molecule has 1 aliphatic heterocycles. The standard InChI is InChI=1S/C18H19FN2O2S/c1-2-23-16-10-6-5-9-15(16)20-18(22)21-11-12-24-17(21)13-7-3-4-8-14(13)19/h3-10,17H,2,11-12H2,1H3,(H,20,22)/t17-/m1/s1. The van der Waals surface area contributed by atoms with Gasteiger partial charge in [-0.15, -0.1) is 11.8 Å². The van der Waals surface area contributed by atoms with Crippen LogP contribution in [0.3, 0.4) is 0 Å². The van der Waals surface area contributed by atoms with Crippen LogP contribution in [-0.4, -0.2) is 29.8 Å². The van der Waals surface area contributed by atoms with E-state index in [4.69, 9.17) is 4.74 Å². The van der Waals surface area contributed by atoms with Gasteiger partial charge in [-0.1, -0.05) is 30.3 Å². The van der Waals surface area contributed by atoms with Crippen molar-refractivity contribution >= 4 is 23.5 Å². The SMILES string of the molecule is CCOc1ccccc1NC(=O)N1CCS[C@@H]1c1ccccc1F. The van der Waals surface area contributed by atoms with E-state index in [-0.39, 0.29) is 17.2 Å². The number of hydrogen-bond acceptors (Lipinski definition) is 3. The number of urea groups is 1.